The normalized spacial score (nSPS) is 36.6. The number of aliphatic imine (C=N–C) groups is 1. The number of nitrogens with two attached hydrogens (primary N) is 1. The Balaban J connectivity index is 1.50. The van der Waals surface area contributed by atoms with Gasteiger partial charge in [0.15, 0.2) is 0 Å². The molecule has 4 atom stereocenters. The summed E-state index contributed by atoms with van der Waals surface area (Å²) in [5.41, 5.74) is 9.93. The maximum Gasteiger partial charge on any atom is 0.283 e. The first kappa shape index (κ1) is 17.2. The van der Waals surface area contributed by atoms with Gasteiger partial charge in [-0.3, -0.25) is 4.98 Å². The van der Waals surface area contributed by atoms with Crippen molar-refractivity contribution in [3.63, 3.8) is 0 Å². The van der Waals surface area contributed by atoms with E-state index in [1.165, 1.54) is 18.4 Å². The van der Waals surface area contributed by atoms with Crippen molar-refractivity contribution >= 4 is 6.02 Å². The van der Waals surface area contributed by atoms with Crippen molar-refractivity contribution in [3.8, 4) is 11.1 Å². The standard InChI is InChI=1S/C26H31N3O2/c1-16-11-25(8-7-23(16)30-2)12-19-6-5-18(10-22(19)26(25)15-31-24(27)29-26)21-9-20(13-28-14-21)17-3-4-17/h5-6,9-10,13-14,16-17,23H,3-4,7-8,11-12,15H2,1-2H3,(H2,27,29)/t16-,23-,25-,26-/m1/s1/i15D2. The lowest BCUT2D eigenvalue weighted by Gasteiger charge is -2.47. The Morgan fingerprint density at radius 3 is 2.77 bits per heavy atom. The van der Waals surface area contributed by atoms with E-state index in [-0.39, 0.29) is 12.1 Å². The van der Waals surface area contributed by atoms with Gasteiger partial charge in [0.1, 0.15) is 12.1 Å². The van der Waals surface area contributed by atoms with E-state index < -0.39 is 17.5 Å². The minimum Gasteiger partial charge on any atom is -0.462 e. The number of rotatable bonds is 3. The fraction of sp³-hybridized carbons (Fsp3) is 0.538. The summed E-state index contributed by atoms with van der Waals surface area (Å²) in [5, 5.41) is 0. The Bertz CT molecular complexity index is 1150. The molecular formula is C26H31N3O2. The molecule has 2 aromatic rings. The van der Waals surface area contributed by atoms with Crippen molar-refractivity contribution in [2.45, 2.75) is 63.0 Å². The van der Waals surface area contributed by atoms with Crippen molar-refractivity contribution in [3.05, 3.63) is 53.3 Å². The van der Waals surface area contributed by atoms with Gasteiger partial charge in [0.05, 0.1) is 8.85 Å². The summed E-state index contributed by atoms with van der Waals surface area (Å²) in [6, 6.07) is 8.58. The summed E-state index contributed by atoms with van der Waals surface area (Å²) in [6.45, 7) is 0.180. The van der Waals surface area contributed by atoms with E-state index in [2.05, 4.69) is 36.2 Å². The van der Waals surface area contributed by atoms with Crippen molar-refractivity contribution in [1.29, 1.82) is 0 Å². The van der Waals surface area contributed by atoms with Gasteiger partial charge in [0.25, 0.3) is 6.02 Å². The van der Waals surface area contributed by atoms with Crippen LogP contribution in [0.4, 0.5) is 0 Å². The Labute approximate surface area is 186 Å². The van der Waals surface area contributed by atoms with Gasteiger partial charge in [-0.25, -0.2) is 4.99 Å². The number of methoxy groups -OCH3 is 1. The summed E-state index contributed by atoms with van der Waals surface area (Å²) >= 11 is 0. The lowest BCUT2D eigenvalue weighted by molar-refractivity contribution is -0.0445. The summed E-state index contributed by atoms with van der Waals surface area (Å²) in [6.07, 6.45) is 9.77. The van der Waals surface area contributed by atoms with Crippen molar-refractivity contribution < 1.29 is 12.2 Å². The van der Waals surface area contributed by atoms with E-state index in [4.69, 9.17) is 22.9 Å². The minimum atomic E-state index is -2.02. The zero-order valence-corrected chi connectivity index (χ0v) is 18.2. The molecule has 2 saturated carbocycles. The zero-order valence-electron chi connectivity index (χ0n) is 20.2. The van der Waals surface area contributed by atoms with Gasteiger partial charge >= 0.3 is 0 Å². The van der Waals surface area contributed by atoms with Crippen LogP contribution in [0.2, 0.25) is 0 Å². The van der Waals surface area contributed by atoms with E-state index in [1.54, 1.807) is 7.11 Å². The van der Waals surface area contributed by atoms with Crippen molar-refractivity contribution in [2.75, 3.05) is 13.7 Å². The van der Waals surface area contributed by atoms with E-state index in [9.17, 15) is 0 Å². The van der Waals surface area contributed by atoms with Crippen LogP contribution < -0.4 is 5.73 Å². The quantitative estimate of drug-likeness (QED) is 0.793. The number of hydrogen-bond acceptors (Lipinski definition) is 5. The highest BCUT2D eigenvalue weighted by molar-refractivity contribution is 5.76. The molecule has 6 rings (SSSR count). The number of aromatic nitrogens is 1. The number of amidine groups is 1. The van der Waals surface area contributed by atoms with Crippen LogP contribution in [0.3, 0.4) is 0 Å². The summed E-state index contributed by atoms with van der Waals surface area (Å²) in [4.78, 5) is 9.30. The Morgan fingerprint density at radius 1 is 1.19 bits per heavy atom. The fourth-order valence-corrected chi connectivity index (χ4v) is 6.35. The van der Waals surface area contributed by atoms with Crippen LogP contribution in [0, 0.1) is 11.3 Å². The maximum absolute atomic E-state index is 9.00. The third-order valence-electron chi connectivity index (χ3n) is 8.08. The third kappa shape index (κ3) is 2.85. The second-order valence-corrected chi connectivity index (χ2v) is 9.97. The molecule has 3 aliphatic carbocycles. The first-order chi connectivity index (χ1) is 15.8. The number of nitrogens with zero attached hydrogens (tertiary/aromatic N) is 2. The minimum absolute atomic E-state index is 0.0588. The molecule has 2 fully saturated rings. The maximum atomic E-state index is 9.00. The molecule has 5 heteroatoms. The molecule has 0 amide bonds. The largest absolute Gasteiger partial charge is 0.462 e. The lowest BCUT2D eigenvalue weighted by atomic mass is 9.59. The van der Waals surface area contributed by atoms with E-state index in [0.29, 0.717) is 11.8 Å². The van der Waals surface area contributed by atoms with Gasteiger partial charge in [-0.1, -0.05) is 19.1 Å². The average molecular weight is 420 g/mol. The molecule has 4 aliphatic rings. The number of benzene rings is 1. The predicted octanol–water partition coefficient (Wildman–Crippen LogP) is 4.54. The highest BCUT2D eigenvalue weighted by Gasteiger charge is 2.62. The highest BCUT2D eigenvalue weighted by Crippen LogP contribution is 2.62. The van der Waals surface area contributed by atoms with Gasteiger partial charge in [-0.2, -0.15) is 0 Å². The molecule has 2 N–H and O–H groups in total. The molecule has 0 unspecified atom stereocenters. The van der Waals surface area contributed by atoms with E-state index in [1.807, 2.05) is 12.4 Å². The van der Waals surface area contributed by atoms with Gasteiger partial charge in [-0.05, 0) is 84.7 Å². The predicted molar refractivity (Wildman–Crippen MR) is 121 cm³/mol. The van der Waals surface area contributed by atoms with Gasteiger partial charge in [-0.15, -0.1) is 0 Å². The third-order valence-corrected chi connectivity index (χ3v) is 8.08. The molecule has 0 bridgehead atoms. The smallest absolute Gasteiger partial charge is 0.283 e. The first-order valence-corrected chi connectivity index (χ1v) is 11.4. The van der Waals surface area contributed by atoms with E-state index >= 15 is 0 Å². The Kier molecular flexibility index (Phi) is 3.77. The van der Waals surface area contributed by atoms with Crippen LogP contribution in [-0.2, 0) is 21.4 Å². The number of hydrogen-bond donors (Lipinski definition) is 1. The molecule has 162 valence electrons. The van der Waals surface area contributed by atoms with Crippen LogP contribution in [-0.4, -0.2) is 30.8 Å². The van der Waals surface area contributed by atoms with Gasteiger partial charge < -0.3 is 15.2 Å². The molecule has 1 aromatic heterocycles. The zero-order chi connectivity index (χ0) is 23.0. The van der Waals surface area contributed by atoms with Crippen LogP contribution in [0.25, 0.3) is 11.1 Å². The van der Waals surface area contributed by atoms with Gasteiger partial charge in [0.2, 0.25) is 0 Å². The lowest BCUT2D eigenvalue weighted by Crippen LogP contribution is -2.48. The summed E-state index contributed by atoms with van der Waals surface area (Å²) < 4.78 is 29.3. The molecular weight excluding hydrogens is 386 g/mol. The molecule has 31 heavy (non-hydrogen) atoms. The highest BCUT2D eigenvalue weighted by atomic mass is 16.5. The van der Waals surface area contributed by atoms with E-state index in [0.717, 1.165) is 47.9 Å². The topological polar surface area (TPSA) is 69.7 Å². The number of pyridine rings is 1. The van der Waals surface area contributed by atoms with Crippen LogP contribution in [0.1, 0.15) is 64.4 Å². The molecule has 0 saturated heterocycles. The molecule has 1 aliphatic heterocycles. The monoisotopic (exact) mass is 419 g/mol. The second-order valence-electron chi connectivity index (χ2n) is 9.97. The van der Waals surface area contributed by atoms with Crippen molar-refractivity contribution in [1.82, 2.24) is 4.98 Å². The summed E-state index contributed by atoms with van der Waals surface area (Å²) in [5.74, 6) is 0.919. The molecule has 1 aromatic carbocycles. The van der Waals surface area contributed by atoms with Crippen molar-refractivity contribution in [2.24, 2.45) is 22.1 Å². The second kappa shape index (κ2) is 6.80. The van der Waals surface area contributed by atoms with Crippen LogP contribution >= 0.6 is 0 Å². The van der Waals surface area contributed by atoms with Gasteiger partial charge in [0, 0.05) is 30.5 Å². The number of fused-ring (bicyclic) bond motifs is 3. The molecule has 2 spiro atoms. The molecule has 2 heterocycles. The molecule has 5 nitrogen and oxygen atoms in total. The number of ether oxygens (including phenoxy) is 2. The SMILES string of the molecule is [2H]C1([2H])OC(N)=N[C@@]12c1cc(-c3cncc(C4CC4)c3)ccc1C[C@]21CC[C@@H](OC)[C@H](C)C1. The first-order valence-electron chi connectivity index (χ1n) is 12.4. The molecule has 0 radical (unpaired) electrons. The fourth-order valence-electron chi connectivity index (χ4n) is 6.35. The Hall–Kier alpha value is -2.40. The average Bonchev–Trinajstić information content (AvgIpc) is 3.55. The van der Waals surface area contributed by atoms with Crippen LogP contribution in [0.5, 0.6) is 0 Å². The summed E-state index contributed by atoms with van der Waals surface area (Å²) in [7, 11) is 1.77. The van der Waals surface area contributed by atoms with Crippen LogP contribution in [0.15, 0.2) is 41.7 Å². The Morgan fingerprint density at radius 2 is 2.06 bits per heavy atom.